The highest BCUT2D eigenvalue weighted by atomic mass is 35.5. The van der Waals surface area contributed by atoms with Crippen molar-refractivity contribution in [2.24, 2.45) is 10.1 Å². The Morgan fingerprint density at radius 1 is 1.15 bits per heavy atom. The average molecular weight is 591 g/mol. The summed E-state index contributed by atoms with van der Waals surface area (Å²) in [7, 11) is 1.28. The van der Waals surface area contributed by atoms with Crippen LogP contribution >= 0.6 is 23.2 Å². The van der Waals surface area contributed by atoms with Crippen LogP contribution in [0, 0.1) is 5.41 Å². The standard InChI is InChI=1S/C26H28Cl2N6O2S.CH5N/c1-17(26-22(27)15-31-16-23(26)28)36-20-6-8-25(30)21(13-20)24(29)7-5-18-3-4-19(14-32-18)33-37(35)11-9-34(2)10-12-37;1-2/h3-8,13-17,29H,9-12,30H2,1-2H3;2H2,1H3/b7-5+,29-24?;. The lowest BCUT2D eigenvalue weighted by molar-refractivity contribution is 0.227. The molecule has 3 heterocycles. The predicted octanol–water partition coefficient (Wildman–Crippen LogP) is 5.21. The molecule has 2 aromatic heterocycles. The number of anilines is 1. The molecule has 1 aliphatic heterocycles. The Kier molecular flexibility index (Phi) is 10.8. The van der Waals surface area contributed by atoms with Crippen molar-refractivity contribution in [3.8, 4) is 5.75 Å². The van der Waals surface area contributed by atoms with Crippen molar-refractivity contribution in [2.75, 3.05) is 44.4 Å². The number of hydrogen-bond donors (Lipinski definition) is 3. The molecule has 0 saturated carbocycles. The summed E-state index contributed by atoms with van der Waals surface area (Å²) in [5.74, 6) is 1.65. The maximum atomic E-state index is 12.9. The fourth-order valence-corrected chi connectivity index (χ4v) is 6.56. The largest absolute Gasteiger partial charge is 0.486 e. The first-order valence-electron chi connectivity index (χ1n) is 12.2. The number of nitrogens with two attached hydrogens (primary N) is 2. The van der Waals surface area contributed by atoms with E-state index in [1.807, 2.05) is 14.0 Å². The van der Waals surface area contributed by atoms with Gasteiger partial charge in [0.15, 0.2) is 0 Å². The Morgan fingerprint density at radius 3 is 2.44 bits per heavy atom. The number of nitrogens with zero attached hydrogens (tertiary/aromatic N) is 4. The maximum absolute atomic E-state index is 12.9. The molecule has 1 unspecified atom stereocenters. The summed E-state index contributed by atoms with van der Waals surface area (Å²) in [6.45, 7) is 3.38. The van der Waals surface area contributed by atoms with Gasteiger partial charge in [-0.3, -0.25) is 9.97 Å². The number of pyridine rings is 2. The van der Waals surface area contributed by atoms with E-state index in [1.54, 1.807) is 48.7 Å². The molecule has 9 nitrogen and oxygen atoms in total. The highest BCUT2D eigenvalue weighted by molar-refractivity contribution is 7.93. The van der Waals surface area contributed by atoms with Crippen LogP contribution in [0.1, 0.15) is 29.8 Å². The van der Waals surface area contributed by atoms with E-state index >= 15 is 0 Å². The number of hydrogen-bond acceptors (Lipinski definition) is 9. The van der Waals surface area contributed by atoms with Crippen LogP contribution < -0.4 is 16.2 Å². The topological polar surface area (TPSA) is 144 Å². The molecular formula is C27H33Cl2N7O2S. The Labute approximate surface area is 239 Å². The van der Waals surface area contributed by atoms with Gasteiger partial charge in [-0.15, -0.1) is 0 Å². The number of rotatable bonds is 7. The van der Waals surface area contributed by atoms with Gasteiger partial charge in [0.1, 0.15) is 11.9 Å². The number of halogens is 2. The fourth-order valence-electron chi connectivity index (χ4n) is 3.82. The van der Waals surface area contributed by atoms with Crippen molar-refractivity contribution in [3.63, 3.8) is 0 Å². The summed E-state index contributed by atoms with van der Waals surface area (Å²) in [5, 5.41) is 9.35. The summed E-state index contributed by atoms with van der Waals surface area (Å²) in [4.78, 5) is 10.5. The molecule has 5 N–H and O–H groups in total. The van der Waals surface area contributed by atoms with E-state index in [9.17, 15) is 4.21 Å². The quantitative estimate of drug-likeness (QED) is 0.253. The van der Waals surface area contributed by atoms with Crippen LogP contribution in [-0.2, 0) is 9.73 Å². The van der Waals surface area contributed by atoms with Crippen LogP contribution in [0.5, 0.6) is 5.75 Å². The average Bonchev–Trinajstić information content (AvgIpc) is 2.92. The second-order valence-corrected chi connectivity index (χ2v) is 12.1. The minimum Gasteiger partial charge on any atom is -0.486 e. The second-order valence-electron chi connectivity index (χ2n) is 8.79. The first-order chi connectivity index (χ1) is 18.6. The highest BCUT2D eigenvalue weighted by Gasteiger charge is 2.18. The Balaban J connectivity index is 0.00000205. The van der Waals surface area contributed by atoms with Gasteiger partial charge in [0.05, 0.1) is 43.1 Å². The molecule has 4 rings (SSSR count). The summed E-state index contributed by atoms with van der Waals surface area (Å²) in [6.07, 6.45) is 7.52. The molecule has 0 radical (unpaired) electrons. The van der Waals surface area contributed by atoms with Gasteiger partial charge in [0, 0.05) is 53.8 Å². The molecule has 208 valence electrons. The van der Waals surface area contributed by atoms with Crippen molar-refractivity contribution in [3.05, 3.63) is 81.9 Å². The van der Waals surface area contributed by atoms with Crippen LogP contribution in [0.25, 0.3) is 6.08 Å². The number of nitrogens with one attached hydrogen (secondary N) is 1. The van der Waals surface area contributed by atoms with Gasteiger partial charge in [0.2, 0.25) is 0 Å². The van der Waals surface area contributed by atoms with Gasteiger partial charge in [-0.05, 0) is 63.5 Å². The molecule has 39 heavy (non-hydrogen) atoms. The smallest absolute Gasteiger partial charge is 0.124 e. The van der Waals surface area contributed by atoms with E-state index in [2.05, 4.69) is 25.0 Å². The number of ether oxygens (including phenoxy) is 1. The summed E-state index contributed by atoms with van der Waals surface area (Å²) in [5.41, 5.74) is 13.7. The molecule has 1 aromatic carbocycles. The van der Waals surface area contributed by atoms with Crippen LogP contribution in [0.4, 0.5) is 11.4 Å². The van der Waals surface area contributed by atoms with Crippen LogP contribution in [-0.4, -0.2) is 63.5 Å². The number of benzene rings is 1. The van der Waals surface area contributed by atoms with Gasteiger partial charge < -0.3 is 26.5 Å². The minimum absolute atomic E-state index is 0.195. The van der Waals surface area contributed by atoms with E-state index in [-0.39, 0.29) is 5.71 Å². The predicted molar refractivity (Wildman–Crippen MR) is 162 cm³/mol. The molecule has 3 aromatic rings. The lowest BCUT2D eigenvalue weighted by atomic mass is 10.1. The van der Waals surface area contributed by atoms with Crippen molar-refractivity contribution in [2.45, 2.75) is 13.0 Å². The molecule has 0 amide bonds. The number of aromatic nitrogens is 2. The van der Waals surface area contributed by atoms with E-state index in [0.29, 0.717) is 55.5 Å². The summed E-state index contributed by atoms with van der Waals surface area (Å²) < 4.78 is 23.4. The van der Waals surface area contributed by atoms with E-state index < -0.39 is 15.8 Å². The lowest BCUT2D eigenvalue weighted by Gasteiger charge is -2.24. The first kappa shape index (κ1) is 30.5. The Hall–Kier alpha value is -3.02. The monoisotopic (exact) mass is 589 g/mol. The van der Waals surface area contributed by atoms with Crippen molar-refractivity contribution < 1.29 is 8.95 Å². The molecule has 12 heteroatoms. The van der Waals surface area contributed by atoms with Crippen molar-refractivity contribution in [1.29, 1.82) is 5.41 Å². The molecule has 1 aliphatic rings. The zero-order chi connectivity index (χ0) is 28.6. The summed E-state index contributed by atoms with van der Waals surface area (Å²) >= 11 is 12.5. The van der Waals surface area contributed by atoms with Gasteiger partial charge in [-0.1, -0.05) is 23.2 Å². The maximum Gasteiger partial charge on any atom is 0.124 e. The SMILES string of the molecule is CC(Oc1ccc(N)c(C(=N)/C=C/c2ccc(N=S3(=O)CCN(C)CC3)cn2)c1)c1c(Cl)cncc1Cl.CN. The third-order valence-electron chi connectivity index (χ3n) is 5.97. The molecule has 1 fully saturated rings. The normalized spacial score (nSPS) is 15.7. The van der Waals surface area contributed by atoms with E-state index in [0.717, 1.165) is 13.1 Å². The Morgan fingerprint density at radius 2 is 1.82 bits per heavy atom. The van der Waals surface area contributed by atoms with Gasteiger partial charge in [-0.25, -0.2) is 4.21 Å². The third-order valence-corrected chi connectivity index (χ3v) is 8.76. The molecule has 0 bridgehead atoms. The minimum atomic E-state index is -2.24. The van der Waals surface area contributed by atoms with E-state index in [1.165, 1.54) is 19.4 Å². The highest BCUT2D eigenvalue weighted by Crippen LogP contribution is 2.33. The van der Waals surface area contributed by atoms with Gasteiger partial charge >= 0.3 is 0 Å². The fraction of sp³-hybridized carbons (Fsp3) is 0.296. The number of nitrogen functional groups attached to an aromatic ring is 1. The summed E-state index contributed by atoms with van der Waals surface area (Å²) in [6, 6.07) is 8.70. The van der Waals surface area contributed by atoms with E-state index in [4.69, 9.17) is 39.1 Å². The van der Waals surface area contributed by atoms with Gasteiger partial charge in [-0.2, -0.15) is 4.36 Å². The van der Waals surface area contributed by atoms with Crippen LogP contribution in [0.15, 0.2) is 59.4 Å². The van der Waals surface area contributed by atoms with Crippen LogP contribution in [0.2, 0.25) is 10.0 Å². The zero-order valence-corrected chi connectivity index (χ0v) is 24.4. The van der Waals surface area contributed by atoms with Gasteiger partial charge in [0.25, 0.3) is 0 Å². The molecule has 0 aliphatic carbocycles. The zero-order valence-electron chi connectivity index (χ0n) is 22.1. The van der Waals surface area contributed by atoms with Crippen LogP contribution in [0.3, 0.4) is 0 Å². The lowest BCUT2D eigenvalue weighted by Crippen LogP contribution is -2.37. The van der Waals surface area contributed by atoms with Crippen molar-refractivity contribution >= 4 is 56.1 Å². The molecular weight excluding hydrogens is 557 g/mol. The number of allylic oxidation sites excluding steroid dienone is 1. The molecule has 1 saturated heterocycles. The first-order valence-corrected chi connectivity index (χ1v) is 14.8. The molecule has 1 atom stereocenters. The Bertz CT molecular complexity index is 1420. The van der Waals surface area contributed by atoms with Crippen molar-refractivity contribution in [1.82, 2.24) is 14.9 Å². The third kappa shape index (κ3) is 8.23. The second kappa shape index (κ2) is 13.9. The molecule has 0 spiro atoms.